The third-order valence-electron chi connectivity index (χ3n) is 3.92. The Balaban J connectivity index is 1.95. The summed E-state index contributed by atoms with van der Waals surface area (Å²) in [6, 6.07) is 7.52. The van der Waals surface area contributed by atoms with Gasteiger partial charge in [0.25, 0.3) is 0 Å². The van der Waals surface area contributed by atoms with Crippen molar-refractivity contribution in [2.75, 3.05) is 13.1 Å². The minimum Gasteiger partial charge on any atom is -0.352 e. The van der Waals surface area contributed by atoms with Crippen molar-refractivity contribution < 1.29 is 4.79 Å². The predicted octanol–water partition coefficient (Wildman–Crippen LogP) is 3.56. The van der Waals surface area contributed by atoms with E-state index in [1.807, 2.05) is 37.3 Å². The Bertz CT molecular complexity index is 687. The second-order valence-corrected chi connectivity index (χ2v) is 5.60. The standard InChI is InChI=1S/C16H17ClN2O/c1-2-10-9-18-6-5-13(10)16(20)15-8-11-7-12(17)3-4-14(11)19-15/h2-4,7-8,13,18-19H,5-6,9H2,1H3/b10-2-/t13-/m1/s1. The van der Waals surface area contributed by atoms with E-state index in [0.717, 1.165) is 30.4 Å². The zero-order valence-electron chi connectivity index (χ0n) is 11.4. The number of allylic oxidation sites excluding steroid dienone is 1. The summed E-state index contributed by atoms with van der Waals surface area (Å²) >= 11 is 5.99. The molecule has 2 N–H and O–H groups in total. The van der Waals surface area contributed by atoms with E-state index in [1.165, 1.54) is 5.57 Å². The van der Waals surface area contributed by atoms with Crippen LogP contribution >= 0.6 is 11.6 Å². The van der Waals surface area contributed by atoms with Crippen LogP contribution in [0.15, 0.2) is 35.9 Å². The van der Waals surface area contributed by atoms with Gasteiger partial charge in [0, 0.05) is 28.4 Å². The van der Waals surface area contributed by atoms with E-state index in [-0.39, 0.29) is 11.7 Å². The van der Waals surface area contributed by atoms with Crippen molar-refractivity contribution in [3.05, 3.63) is 46.6 Å². The quantitative estimate of drug-likeness (QED) is 0.655. The third kappa shape index (κ3) is 2.39. The molecule has 20 heavy (non-hydrogen) atoms. The molecule has 1 aromatic heterocycles. The number of Topliss-reactive ketones (excluding diaryl/α,β-unsaturated/α-hetero) is 1. The Hall–Kier alpha value is -1.58. The first-order valence-corrected chi connectivity index (χ1v) is 7.25. The fourth-order valence-electron chi connectivity index (χ4n) is 2.81. The molecule has 1 atom stereocenters. The summed E-state index contributed by atoms with van der Waals surface area (Å²) in [6.07, 6.45) is 2.91. The summed E-state index contributed by atoms with van der Waals surface area (Å²) in [7, 11) is 0. The smallest absolute Gasteiger partial charge is 0.186 e. The molecular weight excluding hydrogens is 272 g/mol. The average Bonchev–Trinajstić information content (AvgIpc) is 2.89. The normalized spacial score (nSPS) is 21.5. The second kappa shape index (κ2) is 5.43. The molecule has 0 bridgehead atoms. The molecule has 0 amide bonds. The third-order valence-corrected chi connectivity index (χ3v) is 4.16. The maximum Gasteiger partial charge on any atom is 0.186 e. The van der Waals surface area contributed by atoms with Crippen molar-refractivity contribution >= 4 is 28.3 Å². The number of H-pyrrole nitrogens is 1. The van der Waals surface area contributed by atoms with Crippen molar-refractivity contribution in [2.24, 2.45) is 5.92 Å². The van der Waals surface area contributed by atoms with Gasteiger partial charge < -0.3 is 10.3 Å². The highest BCUT2D eigenvalue weighted by Gasteiger charge is 2.27. The van der Waals surface area contributed by atoms with Gasteiger partial charge in [-0.1, -0.05) is 17.7 Å². The lowest BCUT2D eigenvalue weighted by Gasteiger charge is -2.24. The number of carbonyl (C=O) groups excluding carboxylic acids is 1. The fourth-order valence-corrected chi connectivity index (χ4v) is 2.99. The Kier molecular flexibility index (Phi) is 3.64. The second-order valence-electron chi connectivity index (χ2n) is 5.16. The molecule has 1 aliphatic heterocycles. The summed E-state index contributed by atoms with van der Waals surface area (Å²) in [5.74, 6) is 0.164. The van der Waals surface area contributed by atoms with E-state index in [2.05, 4.69) is 10.3 Å². The van der Waals surface area contributed by atoms with E-state index >= 15 is 0 Å². The minimum atomic E-state index is -0.00946. The van der Waals surface area contributed by atoms with E-state index < -0.39 is 0 Å². The number of carbonyl (C=O) groups is 1. The highest BCUT2D eigenvalue weighted by Crippen LogP contribution is 2.26. The molecule has 0 saturated carbocycles. The van der Waals surface area contributed by atoms with Gasteiger partial charge in [0.2, 0.25) is 0 Å². The van der Waals surface area contributed by atoms with Gasteiger partial charge in [-0.3, -0.25) is 4.79 Å². The van der Waals surface area contributed by atoms with Gasteiger partial charge in [0.1, 0.15) is 0 Å². The summed E-state index contributed by atoms with van der Waals surface area (Å²) in [5.41, 5.74) is 2.81. The maximum atomic E-state index is 12.7. The van der Waals surface area contributed by atoms with Crippen LogP contribution in [0.4, 0.5) is 0 Å². The number of aromatic amines is 1. The fraction of sp³-hybridized carbons (Fsp3) is 0.312. The molecule has 4 heteroatoms. The molecule has 1 aliphatic rings. The largest absolute Gasteiger partial charge is 0.352 e. The number of aromatic nitrogens is 1. The molecule has 0 aliphatic carbocycles. The van der Waals surface area contributed by atoms with Gasteiger partial charge in [-0.05, 0) is 49.7 Å². The van der Waals surface area contributed by atoms with Crippen LogP contribution in [0.2, 0.25) is 5.02 Å². The Labute approximate surface area is 123 Å². The first-order chi connectivity index (χ1) is 9.69. The molecule has 3 nitrogen and oxygen atoms in total. The monoisotopic (exact) mass is 288 g/mol. The number of halogens is 1. The number of benzene rings is 1. The summed E-state index contributed by atoms with van der Waals surface area (Å²) in [6.45, 7) is 3.69. The van der Waals surface area contributed by atoms with E-state index in [1.54, 1.807) is 0 Å². The molecule has 0 unspecified atom stereocenters. The van der Waals surface area contributed by atoms with Gasteiger partial charge in [-0.25, -0.2) is 0 Å². The SMILES string of the molecule is C/C=C1/CNCC[C@H]1C(=O)c1cc2cc(Cl)ccc2[nH]1. The maximum absolute atomic E-state index is 12.7. The molecule has 1 saturated heterocycles. The van der Waals surface area contributed by atoms with Crippen molar-refractivity contribution in [3.63, 3.8) is 0 Å². The zero-order chi connectivity index (χ0) is 14.1. The van der Waals surface area contributed by atoms with Crippen LogP contribution in [0.5, 0.6) is 0 Å². The Morgan fingerprint density at radius 2 is 2.25 bits per heavy atom. The van der Waals surface area contributed by atoms with Crippen LogP contribution < -0.4 is 5.32 Å². The van der Waals surface area contributed by atoms with Crippen molar-refractivity contribution in [2.45, 2.75) is 13.3 Å². The summed E-state index contributed by atoms with van der Waals surface area (Å²) in [5, 5.41) is 4.98. The van der Waals surface area contributed by atoms with Gasteiger partial charge in [-0.15, -0.1) is 0 Å². The van der Waals surface area contributed by atoms with E-state index in [9.17, 15) is 4.79 Å². The predicted molar refractivity (Wildman–Crippen MR) is 82.4 cm³/mol. The van der Waals surface area contributed by atoms with Crippen molar-refractivity contribution in [3.8, 4) is 0 Å². The molecular formula is C16H17ClN2O. The van der Waals surface area contributed by atoms with Crippen LogP contribution in [0.25, 0.3) is 10.9 Å². The topological polar surface area (TPSA) is 44.9 Å². The zero-order valence-corrected chi connectivity index (χ0v) is 12.1. The number of fused-ring (bicyclic) bond motifs is 1. The number of piperidine rings is 1. The van der Waals surface area contributed by atoms with Crippen LogP contribution in [0, 0.1) is 5.92 Å². The van der Waals surface area contributed by atoms with Crippen LogP contribution in [0.1, 0.15) is 23.8 Å². The summed E-state index contributed by atoms with van der Waals surface area (Å²) in [4.78, 5) is 15.9. The molecule has 2 aromatic rings. The van der Waals surface area contributed by atoms with Gasteiger partial charge in [0.15, 0.2) is 5.78 Å². The molecule has 104 valence electrons. The molecule has 2 heterocycles. The highest BCUT2D eigenvalue weighted by atomic mass is 35.5. The number of rotatable bonds is 2. The lowest BCUT2D eigenvalue weighted by molar-refractivity contribution is 0.0922. The van der Waals surface area contributed by atoms with Crippen LogP contribution in [-0.2, 0) is 0 Å². The number of ketones is 1. The van der Waals surface area contributed by atoms with Gasteiger partial charge in [-0.2, -0.15) is 0 Å². The molecule has 3 rings (SSSR count). The van der Waals surface area contributed by atoms with E-state index in [4.69, 9.17) is 11.6 Å². The van der Waals surface area contributed by atoms with Crippen molar-refractivity contribution in [1.82, 2.24) is 10.3 Å². The van der Waals surface area contributed by atoms with Crippen molar-refractivity contribution in [1.29, 1.82) is 0 Å². The highest BCUT2D eigenvalue weighted by molar-refractivity contribution is 6.31. The van der Waals surface area contributed by atoms with Crippen LogP contribution in [0.3, 0.4) is 0 Å². The number of nitrogens with one attached hydrogen (secondary N) is 2. The Morgan fingerprint density at radius 3 is 3.05 bits per heavy atom. The Morgan fingerprint density at radius 1 is 1.40 bits per heavy atom. The molecule has 0 spiro atoms. The lowest BCUT2D eigenvalue weighted by atomic mass is 9.87. The molecule has 0 radical (unpaired) electrons. The molecule has 1 fully saturated rings. The number of hydrogen-bond donors (Lipinski definition) is 2. The first kappa shape index (κ1) is 13.4. The van der Waals surface area contributed by atoms with Gasteiger partial charge >= 0.3 is 0 Å². The minimum absolute atomic E-state index is 0.00946. The summed E-state index contributed by atoms with van der Waals surface area (Å²) < 4.78 is 0. The lowest BCUT2D eigenvalue weighted by Crippen LogP contribution is -2.34. The average molecular weight is 289 g/mol. The van der Waals surface area contributed by atoms with E-state index in [0.29, 0.717) is 10.7 Å². The number of hydrogen-bond acceptors (Lipinski definition) is 2. The van der Waals surface area contributed by atoms with Crippen LogP contribution in [-0.4, -0.2) is 23.9 Å². The molecule has 1 aromatic carbocycles. The van der Waals surface area contributed by atoms with Gasteiger partial charge in [0.05, 0.1) is 5.69 Å². The first-order valence-electron chi connectivity index (χ1n) is 6.87.